The minimum atomic E-state index is -0.837. The lowest BCUT2D eigenvalue weighted by molar-refractivity contribution is -0.118. The lowest BCUT2D eigenvalue weighted by atomic mass is 9.93. The SMILES string of the molecule is CC1CCc2nc(NC(=O)COc3ccc(F)cc3F)sc2C1. The Kier molecular flexibility index (Phi) is 4.56. The van der Waals surface area contributed by atoms with Gasteiger partial charge in [-0.3, -0.25) is 10.1 Å². The molecule has 1 N–H and O–H groups in total. The summed E-state index contributed by atoms with van der Waals surface area (Å²) in [6.07, 6.45) is 3.03. The molecule has 122 valence electrons. The van der Waals surface area contributed by atoms with Crippen molar-refractivity contribution in [3.8, 4) is 5.75 Å². The third kappa shape index (κ3) is 3.85. The van der Waals surface area contributed by atoms with Gasteiger partial charge in [0.2, 0.25) is 0 Å². The minimum absolute atomic E-state index is 0.159. The number of carbonyl (C=O) groups excluding carboxylic acids is 1. The maximum Gasteiger partial charge on any atom is 0.264 e. The Morgan fingerprint density at radius 2 is 2.30 bits per heavy atom. The van der Waals surface area contributed by atoms with Crippen molar-refractivity contribution in [3.63, 3.8) is 0 Å². The molecule has 0 fully saturated rings. The highest BCUT2D eigenvalue weighted by Gasteiger charge is 2.20. The summed E-state index contributed by atoms with van der Waals surface area (Å²) in [5, 5.41) is 3.20. The number of fused-ring (bicyclic) bond motifs is 1. The van der Waals surface area contributed by atoms with Crippen molar-refractivity contribution in [3.05, 3.63) is 40.4 Å². The Morgan fingerprint density at radius 3 is 3.09 bits per heavy atom. The maximum atomic E-state index is 13.4. The van der Waals surface area contributed by atoms with Crippen LogP contribution in [0, 0.1) is 17.6 Å². The first-order valence-corrected chi connectivity index (χ1v) is 8.19. The summed E-state index contributed by atoms with van der Waals surface area (Å²) in [6, 6.07) is 2.94. The molecule has 7 heteroatoms. The molecule has 0 radical (unpaired) electrons. The van der Waals surface area contributed by atoms with E-state index in [0.717, 1.165) is 37.1 Å². The van der Waals surface area contributed by atoms with Gasteiger partial charge in [-0.1, -0.05) is 6.92 Å². The lowest BCUT2D eigenvalue weighted by Crippen LogP contribution is -2.20. The maximum absolute atomic E-state index is 13.4. The molecule has 1 aliphatic carbocycles. The van der Waals surface area contributed by atoms with Crippen LogP contribution < -0.4 is 10.1 Å². The number of benzene rings is 1. The molecule has 0 saturated carbocycles. The summed E-state index contributed by atoms with van der Waals surface area (Å²) in [6.45, 7) is 1.84. The quantitative estimate of drug-likeness (QED) is 0.927. The molecule has 4 nitrogen and oxygen atoms in total. The predicted octanol–water partition coefficient (Wildman–Crippen LogP) is 3.56. The number of aryl methyl sites for hydroxylation is 1. The highest BCUT2D eigenvalue weighted by atomic mass is 32.1. The summed E-state index contributed by atoms with van der Waals surface area (Å²) >= 11 is 1.47. The second-order valence-corrected chi connectivity index (χ2v) is 6.73. The van der Waals surface area contributed by atoms with E-state index in [9.17, 15) is 13.6 Å². The van der Waals surface area contributed by atoms with Gasteiger partial charge >= 0.3 is 0 Å². The fourth-order valence-corrected chi connectivity index (χ4v) is 3.67. The van der Waals surface area contributed by atoms with E-state index in [1.807, 2.05) is 0 Å². The molecule has 1 heterocycles. The molecule has 0 aliphatic heterocycles. The minimum Gasteiger partial charge on any atom is -0.481 e. The Labute approximate surface area is 136 Å². The van der Waals surface area contributed by atoms with Crippen molar-refractivity contribution in [1.29, 1.82) is 0 Å². The average molecular weight is 338 g/mol. The summed E-state index contributed by atoms with van der Waals surface area (Å²) in [7, 11) is 0. The molecular weight excluding hydrogens is 322 g/mol. The van der Waals surface area contributed by atoms with E-state index < -0.39 is 17.5 Å². The second kappa shape index (κ2) is 6.62. The number of ether oxygens (including phenoxy) is 1. The Bertz CT molecular complexity index is 733. The van der Waals surface area contributed by atoms with Gasteiger partial charge in [-0.15, -0.1) is 11.3 Å². The van der Waals surface area contributed by atoms with Crippen LogP contribution in [-0.4, -0.2) is 17.5 Å². The van der Waals surface area contributed by atoms with Crippen LogP contribution in [-0.2, 0) is 17.6 Å². The monoisotopic (exact) mass is 338 g/mol. The number of anilines is 1. The van der Waals surface area contributed by atoms with Crippen molar-refractivity contribution in [1.82, 2.24) is 4.98 Å². The summed E-state index contributed by atoms with van der Waals surface area (Å²) < 4.78 is 31.3. The number of carbonyl (C=O) groups is 1. The number of aromatic nitrogens is 1. The van der Waals surface area contributed by atoms with Crippen LogP contribution in [0.1, 0.15) is 23.9 Å². The fourth-order valence-electron chi connectivity index (χ4n) is 2.48. The van der Waals surface area contributed by atoms with Crippen LogP contribution in [0.25, 0.3) is 0 Å². The first-order valence-electron chi connectivity index (χ1n) is 7.37. The standard InChI is InChI=1S/C16H16F2N2O2S/c1-9-2-4-12-14(6-9)23-16(19-12)20-15(21)8-22-13-5-3-10(17)7-11(13)18/h3,5,7,9H,2,4,6,8H2,1H3,(H,19,20,21). The second-order valence-electron chi connectivity index (χ2n) is 5.65. The van der Waals surface area contributed by atoms with E-state index >= 15 is 0 Å². The smallest absolute Gasteiger partial charge is 0.264 e. The summed E-state index contributed by atoms with van der Waals surface area (Å²) in [4.78, 5) is 17.5. The van der Waals surface area contributed by atoms with E-state index in [1.165, 1.54) is 16.2 Å². The largest absolute Gasteiger partial charge is 0.481 e. The number of amides is 1. The van der Waals surface area contributed by atoms with Gasteiger partial charge in [0, 0.05) is 10.9 Å². The summed E-state index contributed by atoms with van der Waals surface area (Å²) in [5.41, 5.74) is 1.05. The number of thiazole rings is 1. The van der Waals surface area contributed by atoms with E-state index in [4.69, 9.17) is 4.74 Å². The number of nitrogens with zero attached hydrogens (tertiary/aromatic N) is 1. The van der Waals surface area contributed by atoms with Gasteiger partial charge in [0.25, 0.3) is 5.91 Å². The molecular formula is C16H16F2N2O2S. The molecule has 0 spiro atoms. The van der Waals surface area contributed by atoms with Gasteiger partial charge in [0.05, 0.1) is 5.69 Å². The zero-order chi connectivity index (χ0) is 16.4. The third-order valence-corrected chi connectivity index (χ3v) is 4.72. The molecule has 1 amide bonds. The number of rotatable bonds is 4. The highest BCUT2D eigenvalue weighted by Crippen LogP contribution is 2.32. The molecule has 1 atom stereocenters. The van der Waals surface area contributed by atoms with Crippen molar-refractivity contribution >= 4 is 22.4 Å². The lowest BCUT2D eigenvalue weighted by Gasteiger charge is -2.15. The molecule has 1 unspecified atom stereocenters. The first-order chi connectivity index (χ1) is 11.0. The topological polar surface area (TPSA) is 51.2 Å². The Balaban J connectivity index is 1.57. The van der Waals surface area contributed by atoms with Crippen LogP contribution in [0.3, 0.4) is 0 Å². The molecule has 3 rings (SSSR count). The van der Waals surface area contributed by atoms with E-state index in [-0.39, 0.29) is 12.4 Å². The predicted molar refractivity (Wildman–Crippen MR) is 83.8 cm³/mol. The highest BCUT2D eigenvalue weighted by molar-refractivity contribution is 7.15. The van der Waals surface area contributed by atoms with Crippen LogP contribution in [0.15, 0.2) is 18.2 Å². The molecule has 2 aromatic rings. The summed E-state index contributed by atoms with van der Waals surface area (Å²) in [5.74, 6) is -1.48. The molecule has 0 saturated heterocycles. The Morgan fingerprint density at radius 1 is 1.48 bits per heavy atom. The van der Waals surface area contributed by atoms with Crippen molar-refractivity contribution in [2.75, 3.05) is 11.9 Å². The number of hydrogen-bond acceptors (Lipinski definition) is 4. The number of nitrogens with one attached hydrogen (secondary N) is 1. The van der Waals surface area contributed by atoms with Crippen LogP contribution in [0.2, 0.25) is 0 Å². The van der Waals surface area contributed by atoms with Crippen molar-refractivity contribution in [2.45, 2.75) is 26.2 Å². The van der Waals surface area contributed by atoms with Gasteiger partial charge in [-0.05, 0) is 37.3 Å². The van der Waals surface area contributed by atoms with Crippen molar-refractivity contribution in [2.24, 2.45) is 5.92 Å². The Hall–Kier alpha value is -2.02. The van der Waals surface area contributed by atoms with Gasteiger partial charge in [0.15, 0.2) is 23.3 Å². The van der Waals surface area contributed by atoms with Gasteiger partial charge < -0.3 is 4.74 Å². The molecule has 1 aromatic carbocycles. The van der Waals surface area contributed by atoms with Crippen LogP contribution in [0.4, 0.5) is 13.9 Å². The zero-order valence-electron chi connectivity index (χ0n) is 12.6. The molecule has 1 aromatic heterocycles. The van der Waals surface area contributed by atoms with Crippen LogP contribution >= 0.6 is 11.3 Å². The number of hydrogen-bond donors (Lipinski definition) is 1. The first kappa shape index (κ1) is 15.9. The van der Waals surface area contributed by atoms with Gasteiger partial charge in [-0.25, -0.2) is 13.8 Å². The van der Waals surface area contributed by atoms with Gasteiger partial charge in [0.1, 0.15) is 5.82 Å². The van der Waals surface area contributed by atoms with Crippen LogP contribution in [0.5, 0.6) is 5.75 Å². The zero-order valence-corrected chi connectivity index (χ0v) is 13.4. The van der Waals surface area contributed by atoms with E-state index in [0.29, 0.717) is 17.1 Å². The molecule has 23 heavy (non-hydrogen) atoms. The van der Waals surface area contributed by atoms with Gasteiger partial charge in [-0.2, -0.15) is 0 Å². The van der Waals surface area contributed by atoms with E-state index in [1.54, 1.807) is 0 Å². The fraction of sp³-hybridized carbons (Fsp3) is 0.375. The normalized spacial score (nSPS) is 16.7. The van der Waals surface area contributed by atoms with Crippen molar-refractivity contribution < 1.29 is 18.3 Å². The van der Waals surface area contributed by atoms with E-state index in [2.05, 4.69) is 17.2 Å². The molecule has 1 aliphatic rings. The third-order valence-electron chi connectivity index (χ3n) is 3.69. The molecule has 0 bridgehead atoms. The average Bonchev–Trinajstić information content (AvgIpc) is 2.87. The number of halogens is 2.